The minimum atomic E-state index is -0.366. The number of aryl methyl sites for hydroxylation is 1. The first kappa shape index (κ1) is 10.6. The second-order valence-electron chi connectivity index (χ2n) is 4.45. The van der Waals surface area contributed by atoms with Gasteiger partial charge in [0.2, 0.25) is 5.91 Å². The molecule has 80 valence electrons. The Morgan fingerprint density at radius 3 is 2.60 bits per heavy atom. The zero-order chi connectivity index (χ0) is 11.2. The van der Waals surface area contributed by atoms with Crippen molar-refractivity contribution in [1.82, 2.24) is 0 Å². The summed E-state index contributed by atoms with van der Waals surface area (Å²) in [6.45, 7) is 8.01. The average molecular weight is 221 g/mol. The van der Waals surface area contributed by atoms with E-state index >= 15 is 0 Å². The van der Waals surface area contributed by atoms with Gasteiger partial charge in [-0.25, -0.2) is 0 Å². The van der Waals surface area contributed by atoms with Crippen molar-refractivity contribution < 1.29 is 4.79 Å². The number of carbonyl (C=O) groups is 1. The van der Waals surface area contributed by atoms with Gasteiger partial charge in [-0.1, -0.05) is 6.07 Å². The molecular weight excluding hydrogens is 206 g/mol. The quantitative estimate of drug-likeness (QED) is 0.729. The highest BCUT2D eigenvalue weighted by Gasteiger charge is 2.35. The van der Waals surface area contributed by atoms with Crippen LogP contribution >= 0.6 is 11.8 Å². The molecule has 0 saturated carbocycles. The minimum Gasteiger partial charge on any atom is -0.324 e. The Kier molecular flexibility index (Phi) is 2.30. The van der Waals surface area contributed by atoms with E-state index in [0.29, 0.717) is 0 Å². The van der Waals surface area contributed by atoms with Crippen LogP contribution in [-0.2, 0) is 4.79 Å². The van der Waals surface area contributed by atoms with Gasteiger partial charge in [-0.3, -0.25) is 4.79 Å². The van der Waals surface area contributed by atoms with Gasteiger partial charge < -0.3 is 5.32 Å². The van der Waals surface area contributed by atoms with Crippen LogP contribution < -0.4 is 5.32 Å². The van der Waals surface area contributed by atoms with Gasteiger partial charge in [-0.2, -0.15) is 0 Å². The van der Waals surface area contributed by atoms with E-state index in [1.165, 1.54) is 16.0 Å². The van der Waals surface area contributed by atoms with Crippen molar-refractivity contribution in [2.75, 3.05) is 5.32 Å². The number of amides is 1. The lowest BCUT2D eigenvalue weighted by atomic mass is 10.1. The second-order valence-corrected chi connectivity index (χ2v) is 6.11. The third kappa shape index (κ3) is 1.65. The third-order valence-electron chi connectivity index (χ3n) is 2.85. The fraction of sp³-hybridized carbons (Fsp3) is 0.417. The summed E-state index contributed by atoms with van der Waals surface area (Å²) < 4.78 is -0.366. The zero-order valence-electron chi connectivity index (χ0n) is 9.47. The van der Waals surface area contributed by atoms with E-state index in [2.05, 4.69) is 24.4 Å². The number of nitrogens with one attached hydrogen (secondary N) is 1. The molecule has 1 aromatic rings. The molecule has 15 heavy (non-hydrogen) atoms. The molecule has 0 atom stereocenters. The highest BCUT2D eigenvalue weighted by molar-refractivity contribution is 8.01. The van der Waals surface area contributed by atoms with Crippen molar-refractivity contribution in [3.8, 4) is 0 Å². The Bertz CT molecular complexity index is 437. The molecule has 0 spiro atoms. The number of thioether (sulfide) groups is 1. The molecule has 1 amide bonds. The van der Waals surface area contributed by atoms with Gasteiger partial charge in [0, 0.05) is 4.90 Å². The molecule has 1 N–H and O–H groups in total. The average Bonchev–Trinajstić information content (AvgIpc) is 2.15. The van der Waals surface area contributed by atoms with Gasteiger partial charge in [0.1, 0.15) is 0 Å². The Morgan fingerprint density at radius 2 is 1.93 bits per heavy atom. The molecule has 1 heterocycles. The van der Waals surface area contributed by atoms with Crippen molar-refractivity contribution in [2.24, 2.45) is 0 Å². The predicted molar refractivity (Wildman–Crippen MR) is 64.5 cm³/mol. The van der Waals surface area contributed by atoms with Gasteiger partial charge in [0.05, 0.1) is 10.4 Å². The summed E-state index contributed by atoms with van der Waals surface area (Å²) in [6, 6.07) is 4.19. The molecule has 3 heteroatoms. The van der Waals surface area contributed by atoms with E-state index in [1.54, 1.807) is 11.8 Å². The van der Waals surface area contributed by atoms with Gasteiger partial charge in [-0.05, 0) is 44.9 Å². The maximum absolute atomic E-state index is 11.8. The van der Waals surface area contributed by atoms with Crippen LogP contribution in [-0.4, -0.2) is 10.7 Å². The summed E-state index contributed by atoms with van der Waals surface area (Å²) in [6.07, 6.45) is 0. The summed E-state index contributed by atoms with van der Waals surface area (Å²) in [5, 5.41) is 3.00. The van der Waals surface area contributed by atoms with Crippen LogP contribution in [0.25, 0.3) is 0 Å². The molecule has 0 fully saturated rings. The Hall–Kier alpha value is -0.960. The van der Waals surface area contributed by atoms with E-state index in [4.69, 9.17) is 0 Å². The van der Waals surface area contributed by atoms with Crippen molar-refractivity contribution >= 4 is 23.4 Å². The lowest BCUT2D eigenvalue weighted by Crippen LogP contribution is -2.37. The summed E-state index contributed by atoms with van der Waals surface area (Å²) in [4.78, 5) is 13.0. The van der Waals surface area contributed by atoms with Crippen molar-refractivity contribution in [3.63, 3.8) is 0 Å². The summed E-state index contributed by atoms with van der Waals surface area (Å²) >= 11 is 1.63. The molecule has 2 nitrogen and oxygen atoms in total. The maximum Gasteiger partial charge on any atom is 0.240 e. The van der Waals surface area contributed by atoms with Crippen molar-refractivity contribution in [1.29, 1.82) is 0 Å². The van der Waals surface area contributed by atoms with E-state index in [0.717, 1.165) is 5.69 Å². The Morgan fingerprint density at radius 1 is 1.27 bits per heavy atom. The predicted octanol–water partition coefficient (Wildman–Crippen LogP) is 3.13. The van der Waals surface area contributed by atoms with Crippen LogP contribution in [0.5, 0.6) is 0 Å². The Labute approximate surface area is 94.4 Å². The second kappa shape index (κ2) is 3.27. The van der Waals surface area contributed by atoms with Crippen LogP contribution in [0.4, 0.5) is 5.69 Å². The van der Waals surface area contributed by atoms with Crippen LogP contribution in [0.2, 0.25) is 0 Å². The molecule has 1 aliphatic heterocycles. The molecule has 1 aliphatic rings. The number of hydrogen-bond donors (Lipinski definition) is 1. The first-order valence-corrected chi connectivity index (χ1v) is 5.84. The van der Waals surface area contributed by atoms with E-state index < -0.39 is 0 Å². The number of hydrogen-bond acceptors (Lipinski definition) is 2. The zero-order valence-corrected chi connectivity index (χ0v) is 10.3. The van der Waals surface area contributed by atoms with Gasteiger partial charge in [0.15, 0.2) is 0 Å². The minimum absolute atomic E-state index is 0.0914. The summed E-state index contributed by atoms with van der Waals surface area (Å²) in [5.41, 5.74) is 3.38. The van der Waals surface area contributed by atoms with Gasteiger partial charge in [0.25, 0.3) is 0 Å². The van der Waals surface area contributed by atoms with Crippen LogP contribution in [0.3, 0.4) is 0 Å². The topological polar surface area (TPSA) is 29.1 Å². The molecule has 0 saturated heterocycles. The largest absolute Gasteiger partial charge is 0.324 e. The number of rotatable bonds is 0. The first-order valence-electron chi connectivity index (χ1n) is 5.02. The normalized spacial score (nSPS) is 18.3. The fourth-order valence-corrected chi connectivity index (χ4v) is 2.75. The van der Waals surface area contributed by atoms with E-state index in [1.807, 2.05) is 20.8 Å². The molecule has 1 aromatic carbocycles. The van der Waals surface area contributed by atoms with Crippen LogP contribution in [0.1, 0.15) is 25.0 Å². The van der Waals surface area contributed by atoms with E-state index in [-0.39, 0.29) is 10.7 Å². The van der Waals surface area contributed by atoms with Crippen molar-refractivity contribution in [2.45, 2.75) is 37.3 Å². The molecule has 0 unspecified atom stereocenters. The molecule has 2 rings (SSSR count). The number of carbonyl (C=O) groups excluding carboxylic acids is 1. The van der Waals surface area contributed by atoms with Crippen LogP contribution in [0.15, 0.2) is 17.0 Å². The highest BCUT2D eigenvalue weighted by atomic mass is 32.2. The fourth-order valence-electron chi connectivity index (χ4n) is 1.62. The van der Waals surface area contributed by atoms with Crippen molar-refractivity contribution in [3.05, 3.63) is 23.3 Å². The molecule has 0 aromatic heterocycles. The SMILES string of the molecule is Cc1ccc2c(c1C)NC(=O)C(C)(C)S2. The van der Waals surface area contributed by atoms with E-state index in [9.17, 15) is 4.79 Å². The Balaban J connectivity index is 2.55. The molecule has 0 bridgehead atoms. The monoisotopic (exact) mass is 221 g/mol. The molecular formula is C12H15NOS. The lowest BCUT2D eigenvalue weighted by molar-refractivity contribution is -0.117. The number of fused-ring (bicyclic) bond motifs is 1. The summed E-state index contributed by atoms with van der Waals surface area (Å²) in [5.74, 6) is 0.0914. The number of benzene rings is 1. The molecule has 0 aliphatic carbocycles. The third-order valence-corrected chi connectivity index (χ3v) is 4.10. The highest BCUT2D eigenvalue weighted by Crippen LogP contribution is 2.43. The maximum atomic E-state index is 11.8. The first-order chi connectivity index (χ1) is 6.92. The molecule has 0 radical (unpaired) electrons. The summed E-state index contributed by atoms with van der Waals surface area (Å²) in [7, 11) is 0. The van der Waals surface area contributed by atoms with Gasteiger partial charge >= 0.3 is 0 Å². The van der Waals surface area contributed by atoms with Gasteiger partial charge in [-0.15, -0.1) is 11.8 Å². The number of anilines is 1. The smallest absolute Gasteiger partial charge is 0.240 e. The van der Waals surface area contributed by atoms with Crippen LogP contribution in [0, 0.1) is 13.8 Å². The lowest BCUT2D eigenvalue weighted by Gasteiger charge is -2.31. The standard InChI is InChI=1S/C12H15NOS/c1-7-5-6-9-10(8(7)2)13-11(14)12(3,4)15-9/h5-6H,1-4H3,(H,13,14).